The molecule has 1 N–H and O–H groups in total. The van der Waals surface area contributed by atoms with Gasteiger partial charge in [0, 0.05) is 0 Å². The zero-order valence-electron chi connectivity index (χ0n) is 16.8. The molecule has 8 nitrogen and oxygen atoms in total. The van der Waals surface area contributed by atoms with Gasteiger partial charge in [-0.25, -0.2) is 9.59 Å². The maximum Gasteiger partial charge on any atom is 0.508 e. The zero-order chi connectivity index (χ0) is 21.2. The summed E-state index contributed by atoms with van der Waals surface area (Å²) in [4.78, 5) is 32.2. The molecule has 1 aromatic rings. The number of carboxylic acid groups (broad SMARTS) is 1. The van der Waals surface area contributed by atoms with E-state index in [1.54, 1.807) is 0 Å². The summed E-state index contributed by atoms with van der Waals surface area (Å²) >= 11 is 0. The lowest BCUT2D eigenvalue weighted by Gasteiger charge is -2.23. The van der Waals surface area contributed by atoms with E-state index in [4.69, 9.17) is 24.4 Å². The minimum Gasteiger partial charge on any atom is -0.460 e. The molecule has 0 amide bonds. The summed E-state index contributed by atoms with van der Waals surface area (Å²) < 4.78 is 14.2. The van der Waals surface area contributed by atoms with Crippen LogP contribution in [0.5, 0.6) is 0 Å². The molecule has 0 aliphatic carbocycles. The van der Waals surface area contributed by atoms with Crippen LogP contribution in [0.1, 0.15) is 51.7 Å². The number of carbonyl (C=O) groups is 2. The summed E-state index contributed by atoms with van der Waals surface area (Å²) in [5.74, 6) is -0.209. The minimum atomic E-state index is -1.44. The van der Waals surface area contributed by atoms with Gasteiger partial charge in [-0.1, -0.05) is 38.1 Å². The summed E-state index contributed by atoms with van der Waals surface area (Å²) in [6, 6.07) is 8.04. The van der Waals surface area contributed by atoms with E-state index >= 15 is 0 Å². The van der Waals surface area contributed by atoms with Gasteiger partial charge in [0.25, 0.3) is 0 Å². The monoisotopic (exact) mass is 396 g/mol. The van der Waals surface area contributed by atoms with Crippen LogP contribution in [0.3, 0.4) is 0 Å². The van der Waals surface area contributed by atoms with Gasteiger partial charge in [0.15, 0.2) is 0 Å². The van der Waals surface area contributed by atoms with Crippen molar-refractivity contribution in [1.29, 1.82) is 0 Å². The van der Waals surface area contributed by atoms with Crippen molar-refractivity contribution in [2.75, 3.05) is 13.2 Å². The van der Waals surface area contributed by atoms with Crippen LogP contribution in [0.4, 0.5) is 4.79 Å². The third kappa shape index (κ3) is 8.88. The average Bonchev–Trinajstić information content (AvgIpc) is 2.62. The molecule has 0 aliphatic heterocycles. The molecule has 0 aliphatic rings. The number of hydrogen-bond donors (Lipinski definition) is 1. The van der Waals surface area contributed by atoms with Gasteiger partial charge in [0.2, 0.25) is 6.29 Å². The fourth-order valence-electron chi connectivity index (χ4n) is 2.13. The summed E-state index contributed by atoms with van der Waals surface area (Å²) in [6.07, 6.45) is -0.234. The summed E-state index contributed by atoms with van der Waals surface area (Å²) in [7, 11) is 0. The zero-order valence-corrected chi connectivity index (χ0v) is 16.8. The molecule has 8 heteroatoms. The van der Waals surface area contributed by atoms with E-state index < -0.39 is 24.0 Å². The van der Waals surface area contributed by atoms with Gasteiger partial charge >= 0.3 is 12.1 Å². The van der Waals surface area contributed by atoms with E-state index in [2.05, 4.69) is 18.6 Å². The van der Waals surface area contributed by atoms with Crippen molar-refractivity contribution in [3.8, 4) is 0 Å². The molecular weight excluding hydrogens is 368 g/mol. The predicted octanol–water partition coefficient (Wildman–Crippen LogP) is 4.11. The topological polar surface area (TPSA) is 101 Å². The molecule has 1 aromatic carbocycles. The molecule has 0 spiro atoms. The normalized spacial score (nSPS) is 12.8. The van der Waals surface area contributed by atoms with Crippen molar-refractivity contribution in [1.82, 2.24) is 0 Å². The van der Waals surface area contributed by atoms with Crippen LogP contribution in [-0.2, 0) is 34.4 Å². The highest BCUT2D eigenvalue weighted by atomic mass is 17.2. The Labute approximate surface area is 164 Å². The average molecular weight is 396 g/mol. The van der Waals surface area contributed by atoms with Crippen LogP contribution < -0.4 is 0 Å². The lowest BCUT2D eigenvalue weighted by Crippen LogP contribution is -2.21. The quantitative estimate of drug-likeness (QED) is 0.113. The van der Waals surface area contributed by atoms with E-state index in [1.165, 1.54) is 12.5 Å². The molecule has 0 saturated heterocycles. The Balaban J connectivity index is 2.32. The van der Waals surface area contributed by atoms with E-state index in [1.807, 2.05) is 38.1 Å². The fourth-order valence-corrected chi connectivity index (χ4v) is 2.13. The Morgan fingerprint density at radius 2 is 1.75 bits per heavy atom. The molecule has 1 rings (SSSR count). The lowest BCUT2D eigenvalue weighted by atomic mass is 9.94. The smallest absolute Gasteiger partial charge is 0.460 e. The Bertz CT molecular complexity index is 649. The van der Waals surface area contributed by atoms with Crippen molar-refractivity contribution in [2.24, 2.45) is 0 Å². The van der Waals surface area contributed by atoms with Crippen LogP contribution >= 0.6 is 0 Å². The number of benzene rings is 1. The van der Waals surface area contributed by atoms with Crippen molar-refractivity contribution < 1.29 is 38.7 Å². The Hall–Kier alpha value is -2.58. The first-order chi connectivity index (χ1) is 13.1. The highest BCUT2D eigenvalue weighted by Crippen LogP contribution is 2.26. The molecule has 0 bridgehead atoms. The second-order valence-electron chi connectivity index (χ2n) is 6.76. The Kier molecular flexibility index (Phi) is 9.47. The molecule has 1 atom stereocenters. The van der Waals surface area contributed by atoms with Gasteiger partial charge in [0.1, 0.15) is 18.5 Å². The molecule has 156 valence electrons. The largest absolute Gasteiger partial charge is 0.508 e. The van der Waals surface area contributed by atoms with Crippen LogP contribution in [0, 0.1) is 0 Å². The van der Waals surface area contributed by atoms with E-state index in [-0.39, 0.29) is 13.2 Å². The Morgan fingerprint density at radius 3 is 2.32 bits per heavy atom. The SMILES string of the molecule is CC(OCCOC(=O)C=COOC(C)(C)c1ccc(C(C)C)cc1)OC(=O)O. The van der Waals surface area contributed by atoms with Gasteiger partial charge in [0.05, 0.1) is 12.7 Å². The molecule has 0 saturated carbocycles. The molecule has 0 radical (unpaired) electrons. The molecule has 0 fully saturated rings. The van der Waals surface area contributed by atoms with Crippen molar-refractivity contribution >= 4 is 12.1 Å². The molecule has 1 unspecified atom stereocenters. The summed E-state index contributed by atoms with van der Waals surface area (Å²) in [5.41, 5.74) is 1.46. The van der Waals surface area contributed by atoms with Crippen LogP contribution in [-0.4, -0.2) is 36.7 Å². The van der Waals surface area contributed by atoms with E-state index in [9.17, 15) is 9.59 Å². The standard InChI is InChI=1S/C20H28O8/c1-14(2)16-6-8-17(9-7-16)20(4,5)28-26-11-10-18(21)25-13-12-24-15(3)27-19(22)23/h6-11,14-15H,12-13H2,1-5H3,(H,22,23). The lowest BCUT2D eigenvalue weighted by molar-refractivity contribution is -0.321. The summed E-state index contributed by atoms with van der Waals surface area (Å²) in [5, 5.41) is 8.39. The van der Waals surface area contributed by atoms with Gasteiger partial charge < -0.3 is 24.2 Å². The van der Waals surface area contributed by atoms with Crippen LogP contribution in [0.15, 0.2) is 36.6 Å². The van der Waals surface area contributed by atoms with Crippen molar-refractivity contribution in [3.05, 3.63) is 47.7 Å². The number of esters is 1. The predicted molar refractivity (Wildman–Crippen MR) is 100 cm³/mol. The summed E-state index contributed by atoms with van der Waals surface area (Å²) in [6.45, 7) is 9.29. The molecular formula is C20H28O8. The third-order valence-corrected chi connectivity index (χ3v) is 3.74. The fraction of sp³-hybridized carbons (Fsp3) is 0.500. The van der Waals surface area contributed by atoms with Crippen molar-refractivity contribution in [3.63, 3.8) is 0 Å². The third-order valence-electron chi connectivity index (χ3n) is 3.74. The van der Waals surface area contributed by atoms with Crippen LogP contribution in [0.2, 0.25) is 0 Å². The number of hydrogen-bond acceptors (Lipinski definition) is 7. The number of rotatable bonds is 11. The number of ether oxygens (including phenoxy) is 3. The first-order valence-corrected chi connectivity index (χ1v) is 8.91. The maximum absolute atomic E-state index is 11.5. The Morgan fingerprint density at radius 1 is 1.11 bits per heavy atom. The maximum atomic E-state index is 11.5. The molecule has 0 heterocycles. The highest BCUT2D eigenvalue weighted by molar-refractivity contribution is 5.81. The first kappa shape index (κ1) is 23.5. The van der Waals surface area contributed by atoms with Crippen molar-refractivity contribution in [2.45, 2.75) is 52.4 Å². The van der Waals surface area contributed by atoms with E-state index in [0.717, 1.165) is 17.9 Å². The second kappa shape index (κ2) is 11.3. The van der Waals surface area contributed by atoms with E-state index in [0.29, 0.717) is 5.92 Å². The minimum absolute atomic E-state index is 0.00914. The highest BCUT2D eigenvalue weighted by Gasteiger charge is 2.23. The van der Waals surface area contributed by atoms with Gasteiger partial charge in [-0.3, -0.25) is 0 Å². The van der Waals surface area contributed by atoms with Gasteiger partial charge in [-0.15, -0.1) is 0 Å². The van der Waals surface area contributed by atoms with Gasteiger partial charge in [-0.2, -0.15) is 4.89 Å². The number of carbonyl (C=O) groups excluding carboxylic acids is 1. The molecule has 0 aromatic heterocycles. The second-order valence-corrected chi connectivity index (χ2v) is 6.76. The van der Waals surface area contributed by atoms with Gasteiger partial charge in [-0.05, 0) is 37.8 Å². The first-order valence-electron chi connectivity index (χ1n) is 8.91. The molecule has 28 heavy (non-hydrogen) atoms. The van der Waals surface area contributed by atoms with Crippen LogP contribution in [0.25, 0.3) is 0 Å².